The van der Waals surface area contributed by atoms with Gasteiger partial charge in [0.2, 0.25) is 0 Å². The number of nitrogens with one attached hydrogen (secondary N) is 1. The van der Waals surface area contributed by atoms with E-state index in [1.807, 2.05) is 0 Å². The molecule has 0 unspecified atom stereocenters. The van der Waals surface area contributed by atoms with Crippen LogP contribution in [0.4, 0.5) is 19.0 Å². The number of rotatable bonds is 6. The smallest absolute Gasteiger partial charge is 0.417 e. The molecule has 174 valence electrons. The Balaban J connectivity index is 1.45. The van der Waals surface area contributed by atoms with Crippen molar-refractivity contribution in [3.8, 4) is 11.5 Å². The highest BCUT2D eigenvalue weighted by molar-refractivity contribution is 6.31. The second-order valence-corrected chi connectivity index (χ2v) is 7.82. The van der Waals surface area contributed by atoms with Crippen molar-refractivity contribution in [2.75, 3.05) is 5.73 Å². The zero-order valence-corrected chi connectivity index (χ0v) is 18.1. The minimum atomic E-state index is -4.60. The summed E-state index contributed by atoms with van der Waals surface area (Å²) in [6, 6.07) is 11.6. The summed E-state index contributed by atoms with van der Waals surface area (Å²) in [6.45, 7) is 0. The van der Waals surface area contributed by atoms with Crippen LogP contribution in [0.5, 0.6) is 11.5 Å². The maximum Gasteiger partial charge on any atom is 0.417 e. The van der Waals surface area contributed by atoms with Crippen molar-refractivity contribution in [3.63, 3.8) is 0 Å². The number of nitrogens with zero attached hydrogens (tertiary/aromatic N) is 2. The summed E-state index contributed by atoms with van der Waals surface area (Å²) in [4.78, 5) is 34.7. The number of halogens is 4. The Morgan fingerprint density at radius 1 is 1.06 bits per heavy atom. The van der Waals surface area contributed by atoms with Crippen LogP contribution in [0.15, 0.2) is 59.5 Å². The molecular weight excluding hydrogens is 473 g/mol. The number of nitrogens with two attached hydrogens (primary N) is 1. The maximum absolute atomic E-state index is 13.0. The quantitative estimate of drug-likeness (QED) is 0.406. The Hall–Kier alpha value is -3.92. The van der Waals surface area contributed by atoms with Gasteiger partial charge in [-0.3, -0.25) is 9.59 Å². The molecule has 0 spiro atoms. The molecule has 0 fully saturated rings. The number of ketones is 1. The normalized spacial score (nSPS) is 11.5. The number of anilines is 1. The van der Waals surface area contributed by atoms with E-state index in [0.717, 1.165) is 12.1 Å². The number of nitrogen functional groups attached to an aromatic ring is 1. The summed E-state index contributed by atoms with van der Waals surface area (Å²) in [7, 11) is 0. The molecule has 0 atom stereocenters. The molecule has 0 aliphatic rings. The van der Waals surface area contributed by atoms with E-state index < -0.39 is 22.3 Å². The minimum Gasteiger partial charge on any atom is -0.455 e. The summed E-state index contributed by atoms with van der Waals surface area (Å²) >= 11 is 5.62. The van der Waals surface area contributed by atoms with Crippen molar-refractivity contribution in [2.45, 2.75) is 19.0 Å². The van der Waals surface area contributed by atoms with Crippen molar-refractivity contribution in [2.24, 2.45) is 0 Å². The summed E-state index contributed by atoms with van der Waals surface area (Å²) in [5.41, 5.74) is 5.35. The number of alkyl halides is 3. The Morgan fingerprint density at radius 3 is 2.44 bits per heavy atom. The zero-order chi connectivity index (χ0) is 24.5. The van der Waals surface area contributed by atoms with Gasteiger partial charge in [-0.2, -0.15) is 13.2 Å². The fourth-order valence-corrected chi connectivity index (χ4v) is 3.51. The summed E-state index contributed by atoms with van der Waals surface area (Å²) in [5.74, 6) is 0.264. The van der Waals surface area contributed by atoms with Crippen LogP contribution in [0.1, 0.15) is 16.7 Å². The number of benzene rings is 2. The second kappa shape index (κ2) is 9.14. The molecule has 0 amide bonds. The Labute approximate surface area is 195 Å². The monoisotopic (exact) mass is 488 g/mol. The molecule has 7 nitrogen and oxygen atoms in total. The van der Waals surface area contributed by atoms with E-state index in [1.165, 1.54) is 12.3 Å². The van der Waals surface area contributed by atoms with E-state index in [1.54, 1.807) is 30.3 Å². The van der Waals surface area contributed by atoms with Gasteiger partial charge in [0.15, 0.2) is 17.2 Å². The first-order valence-corrected chi connectivity index (χ1v) is 10.3. The molecule has 4 aromatic rings. The van der Waals surface area contributed by atoms with Crippen LogP contribution in [-0.2, 0) is 23.8 Å². The molecule has 0 saturated carbocycles. The average Bonchev–Trinajstić information content (AvgIpc) is 2.77. The third-order valence-corrected chi connectivity index (χ3v) is 5.21. The van der Waals surface area contributed by atoms with Crippen molar-refractivity contribution in [3.05, 3.63) is 86.8 Å². The van der Waals surface area contributed by atoms with Crippen LogP contribution < -0.4 is 16.0 Å². The number of H-pyrrole nitrogens is 1. The van der Waals surface area contributed by atoms with Gasteiger partial charge in [0.1, 0.15) is 17.0 Å². The van der Waals surface area contributed by atoms with Crippen LogP contribution in [-0.4, -0.2) is 20.7 Å². The molecule has 2 heterocycles. The highest BCUT2D eigenvalue weighted by Crippen LogP contribution is 2.35. The topological polar surface area (TPSA) is 111 Å². The van der Waals surface area contributed by atoms with E-state index in [4.69, 9.17) is 22.1 Å². The molecule has 0 bridgehead atoms. The molecule has 0 aliphatic heterocycles. The first kappa shape index (κ1) is 23.2. The number of hydrogen-bond acceptors (Lipinski definition) is 6. The number of Topliss-reactive ketones (excluding diaryl/α,β-unsaturated/α-hetero) is 1. The fraction of sp³-hybridized carbons (Fsp3) is 0.130. The van der Waals surface area contributed by atoms with E-state index in [9.17, 15) is 22.8 Å². The number of hydrogen-bond donors (Lipinski definition) is 2. The highest BCUT2D eigenvalue weighted by Gasteiger charge is 2.33. The van der Waals surface area contributed by atoms with Gasteiger partial charge >= 0.3 is 6.18 Å². The SMILES string of the molecule is Nc1nc2nccc(Oc3ccc(CC(=O)Cc4ccc(Cl)c(C(F)(F)F)c4)cc3)c2[nH]c1=O. The van der Waals surface area contributed by atoms with Crippen LogP contribution in [0.25, 0.3) is 11.2 Å². The number of pyridine rings is 1. The lowest BCUT2D eigenvalue weighted by Gasteiger charge is -2.11. The number of carbonyl (C=O) groups excluding carboxylic acids is 1. The molecule has 2 aromatic carbocycles. The predicted octanol–water partition coefficient (Wildman–Crippen LogP) is 4.72. The zero-order valence-electron chi connectivity index (χ0n) is 17.3. The van der Waals surface area contributed by atoms with Gasteiger partial charge in [-0.15, -0.1) is 0 Å². The van der Waals surface area contributed by atoms with E-state index in [2.05, 4.69) is 15.0 Å². The van der Waals surface area contributed by atoms with Gasteiger partial charge in [-0.1, -0.05) is 29.8 Å². The van der Waals surface area contributed by atoms with E-state index in [-0.39, 0.29) is 41.2 Å². The maximum atomic E-state index is 13.0. The molecule has 11 heteroatoms. The standard InChI is InChI=1S/C23H16ClF3N4O3/c24-17-6-3-13(11-16(17)23(25,26)27)10-14(32)9-12-1-4-15(5-2-12)34-18-7-8-29-21-19(18)30-22(33)20(28)31-21/h1-8,11H,9-10H2,(H,30,33)(H2,28,29,31). The van der Waals surface area contributed by atoms with Gasteiger partial charge in [0.05, 0.1) is 10.6 Å². The summed E-state index contributed by atoms with van der Waals surface area (Å²) < 4.78 is 44.9. The molecule has 4 rings (SSSR count). The summed E-state index contributed by atoms with van der Waals surface area (Å²) in [6.07, 6.45) is -3.28. The largest absolute Gasteiger partial charge is 0.455 e. The van der Waals surface area contributed by atoms with Gasteiger partial charge in [0.25, 0.3) is 5.56 Å². The van der Waals surface area contributed by atoms with Crippen molar-refractivity contribution in [1.29, 1.82) is 0 Å². The predicted molar refractivity (Wildman–Crippen MR) is 120 cm³/mol. The van der Waals surface area contributed by atoms with E-state index in [0.29, 0.717) is 17.1 Å². The number of aromatic nitrogens is 3. The fourth-order valence-electron chi connectivity index (χ4n) is 3.28. The van der Waals surface area contributed by atoms with Gasteiger partial charge < -0.3 is 15.5 Å². The van der Waals surface area contributed by atoms with Crippen LogP contribution in [0, 0.1) is 0 Å². The molecular formula is C23H16ClF3N4O3. The lowest BCUT2D eigenvalue weighted by atomic mass is 10.0. The number of ether oxygens (including phenoxy) is 1. The van der Waals surface area contributed by atoms with Crippen molar-refractivity contribution in [1.82, 2.24) is 15.0 Å². The third-order valence-electron chi connectivity index (χ3n) is 4.88. The molecule has 0 aliphatic carbocycles. The summed E-state index contributed by atoms with van der Waals surface area (Å²) in [5, 5.41) is -0.412. The Morgan fingerprint density at radius 2 is 1.74 bits per heavy atom. The van der Waals surface area contributed by atoms with Crippen molar-refractivity contribution >= 4 is 34.4 Å². The first-order valence-electron chi connectivity index (χ1n) is 9.89. The molecule has 3 N–H and O–H groups in total. The lowest BCUT2D eigenvalue weighted by molar-refractivity contribution is -0.137. The Kier molecular flexibility index (Phi) is 6.25. The third kappa shape index (κ3) is 5.18. The first-order chi connectivity index (χ1) is 16.1. The van der Waals surface area contributed by atoms with Crippen molar-refractivity contribution < 1.29 is 22.7 Å². The lowest BCUT2D eigenvalue weighted by Crippen LogP contribution is -2.14. The number of fused-ring (bicyclic) bond motifs is 1. The molecule has 0 radical (unpaired) electrons. The number of carbonyl (C=O) groups is 1. The van der Waals surface area contributed by atoms with Crippen LogP contribution in [0.3, 0.4) is 0 Å². The molecule has 0 saturated heterocycles. The van der Waals surface area contributed by atoms with Gasteiger partial charge in [-0.25, -0.2) is 9.97 Å². The van der Waals surface area contributed by atoms with Gasteiger partial charge in [0, 0.05) is 25.1 Å². The number of aromatic amines is 1. The van der Waals surface area contributed by atoms with Crippen LogP contribution >= 0.6 is 11.6 Å². The van der Waals surface area contributed by atoms with Gasteiger partial charge in [-0.05, 0) is 35.4 Å². The van der Waals surface area contributed by atoms with Crippen LogP contribution in [0.2, 0.25) is 5.02 Å². The molecule has 34 heavy (non-hydrogen) atoms. The average molecular weight is 489 g/mol. The Bertz CT molecular complexity index is 1440. The van der Waals surface area contributed by atoms with E-state index >= 15 is 0 Å². The minimum absolute atomic E-state index is 0.0267. The highest BCUT2D eigenvalue weighted by atomic mass is 35.5. The molecule has 2 aromatic heterocycles. The second-order valence-electron chi connectivity index (χ2n) is 7.41.